The zero-order chi connectivity index (χ0) is 20.5. The van der Waals surface area contributed by atoms with Crippen LogP contribution in [0.3, 0.4) is 0 Å². The van der Waals surface area contributed by atoms with Crippen molar-refractivity contribution >= 4 is 16.8 Å². The first-order chi connectivity index (χ1) is 14.0. The number of aromatic nitrogens is 2. The molecular formula is C22H29N3O4. The molecule has 0 radical (unpaired) electrons. The molecular weight excluding hydrogens is 370 g/mol. The number of amides is 1. The molecule has 2 aliphatic carbocycles. The number of nitrogens with zero attached hydrogens (tertiary/aromatic N) is 2. The van der Waals surface area contributed by atoms with E-state index >= 15 is 0 Å². The lowest BCUT2D eigenvalue weighted by molar-refractivity contribution is -0.133. The molecule has 1 heterocycles. The fraction of sp³-hybridized carbons (Fsp3) is 0.591. The molecule has 1 aromatic carbocycles. The molecule has 2 aromatic rings. The SMILES string of the molecule is CCN(Cc1nc2cc(OC)c(OC)cc2c(=O)[nH]1)C(=O)C[C@H]1C[C@H]2CC[C@H]1C2. The zero-order valence-electron chi connectivity index (χ0n) is 17.4. The Hall–Kier alpha value is -2.57. The van der Waals surface area contributed by atoms with Gasteiger partial charge in [-0.25, -0.2) is 4.98 Å². The van der Waals surface area contributed by atoms with Gasteiger partial charge in [-0.15, -0.1) is 0 Å². The second-order valence-corrected chi connectivity index (χ2v) is 8.28. The summed E-state index contributed by atoms with van der Waals surface area (Å²) in [5.41, 5.74) is 0.278. The van der Waals surface area contributed by atoms with Gasteiger partial charge in [0.2, 0.25) is 5.91 Å². The van der Waals surface area contributed by atoms with E-state index in [0.29, 0.717) is 53.7 Å². The van der Waals surface area contributed by atoms with Crippen molar-refractivity contribution in [3.63, 3.8) is 0 Å². The largest absolute Gasteiger partial charge is 0.493 e. The van der Waals surface area contributed by atoms with Crippen molar-refractivity contribution in [1.82, 2.24) is 14.9 Å². The normalized spacial score (nSPS) is 22.8. The van der Waals surface area contributed by atoms with Crippen LogP contribution in [-0.2, 0) is 11.3 Å². The fourth-order valence-corrected chi connectivity index (χ4v) is 5.13. The number of H-pyrrole nitrogens is 1. The van der Waals surface area contributed by atoms with E-state index in [2.05, 4.69) is 9.97 Å². The van der Waals surface area contributed by atoms with Crippen molar-refractivity contribution in [1.29, 1.82) is 0 Å². The number of carbonyl (C=O) groups excluding carboxylic acids is 1. The number of ether oxygens (including phenoxy) is 2. The van der Waals surface area contributed by atoms with Crippen molar-refractivity contribution in [2.75, 3.05) is 20.8 Å². The number of methoxy groups -OCH3 is 2. The molecule has 156 valence electrons. The highest BCUT2D eigenvalue weighted by atomic mass is 16.5. The standard InChI is InChI=1S/C22H29N3O4/c1-4-25(21(26)9-15-8-13-5-6-14(15)7-13)12-20-23-17-11-19(29-3)18(28-2)10-16(17)22(27)24-20/h10-11,13-15H,4-9,12H2,1-3H3,(H,23,24,27)/t13-,14-,15+/m0/s1. The first-order valence-corrected chi connectivity index (χ1v) is 10.4. The fourth-order valence-electron chi connectivity index (χ4n) is 5.13. The van der Waals surface area contributed by atoms with Gasteiger partial charge >= 0.3 is 0 Å². The van der Waals surface area contributed by atoms with Crippen LogP contribution in [-0.4, -0.2) is 41.5 Å². The predicted octanol–water partition coefficient (Wildman–Crippen LogP) is 3.12. The molecule has 29 heavy (non-hydrogen) atoms. The lowest BCUT2D eigenvalue weighted by Gasteiger charge is -2.26. The third kappa shape index (κ3) is 3.82. The van der Waals surface area contributed by atoms with Crippen molar-refractivity contribution < 1.29 is 14.3 Å². The molecule has 2 saturated carbocycles. The molecule has 2 bridgehead atoms. The average molecular weight is 399 g/mol. The highest BCUT2D eigenvalue weighted by molar-refractivity contribution is 5.82. The summed E-state index contributed by atoms with van der Waals surface area (Å²) in [4.78, 5) is 34.7. The Morgan fingerprint density at radius 2 is 1.97 bits per heavy atom. The Balaban J connectivity index is 1.53. The number of nitrogens with one attached hydrogen (secondary N) is 1. The third-order valence-electron chi connectivity index (χ3n) is 6.66. The van der Waals surface area contributed by atoms with Crippen molar-refractivity contribution in [3.8, 4) is 11.5 Å². The van der Waals surface area contributed by atoms with Gasteiger partial charge in [-0.3, -0.25) is 9.59 Å². The van der Waals surface area contributed by atoms with Crippen LogP contribution in [0.1, 0.15) is 44.9 Å². The van der Waals surface area contributed by atoms with E-state index in [1.807, 2.05) is 6.92 Å². The average Bonchev–Trinajstić information content (AvgIpc) is 3.34. The lowest BCUT2D eigenvalue weighted by atomic mass is 9.86. The van der Waals surface area contributed by atoms with Gasteiger partial charge in [-0.05, 0) is 50.0 Å². The number of fused-ring (bicyclic) bond motifs is 3. The second-order valence-electron chi connectivity index (χ2n) is 8.28. The van der Waals surface area contributed by atoms with Crippen LogP contribution in [0.4, 0.5) is 0 Å². The van der Waals surface area contributed by atoms with E-state index in [0.717, 1.165) is 11.8 Å². The minimum absolute atomic E-state index is 0.153. The Kier molecular flexibility index (Phi) is 5.48. The van der Waals surface area contributed by atoms with Crippen molar-refractivity contribution in [3.05, 3.63) is 28.3 Å². The van der Waals surface area contributed by atoms with Gasteiger partial charge in [0.1, 0.15) is 5.82 Å². The number of hydrogen-bond acceptors (Lipinski definition) is 5. The van der Waals surface area contributed by atoms with E-state index in [1.54, 1.807) is 24.1 Å². The second kappa shape index (κ2) is 8.05. The van der Waals surface area contributed by atoms with E-state index in [9.17, 15) is 9.59 Å². The van der Waals surface area contributed by atoms with Crippen molar-refractivity contribution in [2.24, 2.45) is 17.8 Å². The van der Waals surface area contributed by atoms with Crippen LogP contribution < -0.4 is 15.0 Å². The van der Waals surface area contributed by atoms with Crippen LogP contribution in [0.25, 0.3) is 10.9 Å². The third-order valence-corrected chi connectivity index (χ3v) is 6.66. The van der Waals surface area contributed by atoms with Crippen LogP contribution >= 0.6 is 0 Å². The van der Waals surface area contributed by atoms with Gasteiger partial charge < -0.3 is 19.4 Å². The summed E-state index contributed by atoms with van der Waals surface area (Å²) in [7, 11) is 3.07. The topological polar surface area (TPSA) is 84.5 Å². The molecule has 1 aromatic heterocycles. The van der Waals surface area contributed by atoms with Crippen LogP contribution in [0.2, 0.25) is 0 Å². The molecule has 0 aliphatic heterocycles. The number of carbonyl (C=O) groups is 1. The van der Waals surface area contributed by atoms with Gasteiger partial charge in [-0.1, -0.05) is 6.42 Å². The van der Waals surface area contributed by atoms with Gasteiger partial charge in [0.05, 0.1) is 31.7 Å². The molecule has 7 nitrogen and oxygen atoms in total. The maximum Gasteiger partial charge on any atom is 0.258 e. The Morgan fingerprint density at radius 1 is 1.21 bits per heavy atom. The van der Waals surface area contributed by atoms with Gasteiger partial charge in [0, 0.05) is 19.0 Å². The molecule has 3 atom stereocenters. The van der Waals surface area contributed by atoms with Crippen molar-refractivity contribution in [2.45, 2.75) is 45.6 Å². The summed E-state index contributed by atoms with van der Waals surface area (Å²) in [6, 6.07) is 3.32. The highest BCUT2D eigenvalue weighted by Gasteiger charge is 2.40. The maximum atomic E-state index is 12.9. The van der Waals surface area contributed by atoms with E-state index in [1.165, 1.54) is 32.8 Å². The minimum Gasteiger partial charge on any atom is -0.493 e. The molecule has 7 heteroatoms. The molecule has 1 amide bonds. The van der Waals surface area contributed by atoms with E-state index in [4.69, 9.17) is 9.47 Å². The lowest BCUT2D eigenvalue weighted by Crippen LogP contribution is -2.33. The maximum absolute atomic E-state index is 12.9. The Labute approximate surface area is 170 Å². The molecule has 0 saturated heterocycles. The predicted molar refractivity (Wildman–Crippen MR) is 110 cm³/mol. The van der Waals surface area contributed by atoms with Gasteiger partial charge in [0.25, 0.3) is 5.56 Å². The molecule has 0 unspecified atom stereocenters. The summed E-state index contributed by atoms with van der Waals surface area (Å²) in [6.45, 7) is 2.86. The minimum atomic E-state index is -0.248. The smallest absolute Gasteiger partial charge is 0.258 e. The summed E-state index contributed by atoms with van der Waals surface area (Å²) < 4.78 is 10.6. The monoisotopic (exact) mass is 399 g/mol. The molecule has 2 fully saturated rings. The zero-order valence-corrected chi connectivity index (χ0v) is 17.4. The summed E-state index contributed by atoms with van der Waals surface area (Å²) >= 11 is 0. The van der Waals surface area contributed by atoms with Crippen LogP contribution in [0, 0.1) is 17.8 Å². The summed E-state index contributed by atoms with van der Waals surface area (Å²) in [6.07, 6.45) is 5.72. The number of hydrogen-bond donors (Lipinski definition) is 1. The first kappa shape index (κ1) is 19.7. The van der Waals surface area contributed by atoms with E-state index in [-0.39, 0.29) is 11.5 Å². The number of rotatable bonds is 7. The van der Waals surface area contributed by atoms with Crippen LogP contribution in [0.15, 0.2) is 16.9 Å². The Morgan fingerprint density at radius 3 is 2.59 bits per heavy atom. The van der Waals surface area contributed by atoms with Gasteiger partial charge in [0.15, 0.2) is 11.5 Å². The van der Waals surface area contributed by atoms with Gasteiger partial charge in [-0.2, -0.15) is 0 Å². The molecule has 4 rings (SSSR count). The molecule has 0 spiro atoms. The summed E-state index contributed by atoms with van der Waals surface area (Å²) in [5, 5.41) is 0.433. The number of benzene rings is 1. The molecule has 1 N–H and O–H groups in total. The van der Waals surface area contributed by atoms with Crippen LogP contribution in [0.5, 0.6) is 11.5 Å². The Bertz CT molecular complexity index is 970. The molecule has 2 aliphatic rings. The summed E-state index contributed by atoms with van der Waals surface area (Å²) in [5.74, 6) is 3.72. The van der Waals surface area contributed by atoms with E-state index < -0.39 is 0 Å². The number of aromatic amines is 1. The first-order valence-electron chi connectivity index (χ1n) is 10.4. The quantitative estimate of drug-likeness (QED) is 0.773. The highest BCUT2D eigenvalue weighted by Crippen LogP contribution is 2.49.